The fourth-order valence-corrected chi connectivity index (χ4v) is 1.81. The molecule has 0 bridgehead atoms. The third kappa shape index (κ3) is 1.48. The van der Waals surface area contributed by atoms with Crippen molar-refractivity contribution in [1.82, 2.24) is 4.98 Å². The van der Waals surface area contributed by atoms with Crippen LogP contribution in [0.15, 0.2) is 28.9 Å². The van der Waals surface area contributed by atoms with Gasteiger partial charge in [0.05, 0.1) is 0 Å². The zero-order valence-corrected chi connectivity index (χ0v) is 8.73. The van der Waals surface area contributed by atoms with Gasteiger partial charge in [0.1, 0.15) is 6.17 Å². The first-order chi connectivity index (χ1) is 6.18. The lowest BCUT2D eigenvalue weighted by molar-refractivity contribution is 0.376. The molecule has 1 atom stereocenters. The molecule has 1 aromatic heterocycles. The van der Waals surface area contributed by atoms with Crippen molar-refractivity contribution in [2.24, 2.45) is 0 Å². The lowest BCUT2D eigenvalue weighted by Gasteiger charge is -1.98. The van der Waals surface area contributed by atoms with Crippen LogP contribution in [0.3, 0.4) is 0 Å². The van der Waals surface area contributed by atoms with Crippen molar-refractivity contribution < 1.29 is 4.39 Å². The topological polar surface area (TPSA) is 15.8 Å². The third-order valence-electron chi connectivity index (χ3n) is 2.10. The zero-order valence-electron chi connectivity index (χ0n) is 7.14. The zero-order chi connectivity index (χ0) is 9.42. The number of benzene rings is 1. The summed E-state index contributed by atoms with van der Waals surface area (Å²) in [6.07, 6.45) is 0.803. The molecule has 1 heterocycles. The molecule has 1 unspecified atom stereocenters. The standard InChI is InChI=1S/C10H9BrFN/c1-6(12)9-5-13-10-4-7(11)2-3-8(9)10/h2-6,13H,1H3. The van der Waals surface area contributed by atoms with E-state index in [-0.39, 0.29) is 0 Å². The van der Waals surface area contributed by atoms with Crippen LogP contribution in [0.2, 0.25) is 0 Å². The van der Waals surface area contributed by atoms with Crippen LogP contribution in [0.5, 0.6) is 0 Å². The maximum Gasteiger partial charge on any atom is 0.124 e. The fraction of sp³-hybridized carbons (Fsp3) is 0.200. The number of alkyl halides is 1. The van der Waals surface area contributed by atoms with E-state index in [4.69, 9.17) is 0 Å². The van der Waals surface area contributed by atoms with E-state index in [0.717, 1.165) is 20.9 Å². The second-order valence-corrected chi connectivity index (χ2v) is 3.97. The average Bonchev–Trinajstić information content (AvgIpc) is 2.46. The number of nitrogens with one attached hydrogen (secondary N) is 1. The van der Waals surface area contributed by atoms with Crippen molar-refractivity contribution >= 4 is 26.8 Å². The SMILES string of the molecule is CC(F)c1c[nH]c2cc(Br)ccc12. The smallest absolute Gasteiger partial charge is 0.124 e. The highest BCUT2D eigenvalue weighted by atomic mass is 79.9. The summed E-state index contributed by atoms with van der Waals surface area (Å²) < 4.78 is 14.1. The summed E-state index contributed by atoms with van der Waals surface area (Å²) in [6.45, 7) is 1.55. The van der Waals surface area contributed by atoms with Crippen molar-refractivity contribution in [3.8, 4) is 0 Å². The van der Waals surface area contributed by atoms with Crippen LogP contribution < -0.4 is 0 Å². The van der Waals surface area contributed by atoms with Crippen LogP contribution >= 0.6 is 15.9 Å². The fourth-order valence-electron chi connectivity index (χ4n) is 1.45. The molecule has 0 radical (unpaired) electrons. The highest BCUT2D eigenvalue weighted by Gasteiger charge is 2.09. The molecule has 68 valence electrons. The van der Waals surface area contributed by atoms with Crippen LogP contribution in [-0.4, -0.2) is 4.98 Å². The Balaban J connectivity index is 2.69. The first-order valence-electron chi connectivity index (χ1n) is 4.09. The molecule has 2 rings (SSSR count). The van der Waals surface area contributed by atoms with Gasteiger partial charge in [-0.3, -0.25) is 0 Å². The van der Waals surface area contributed by atoms with Crippen LogP contribution in [0.25, 0.3) is 10.9 Å². The summed E-state index contributed by atoms with van der Waals surface area (Å²) in [5, 5.41) is 0.957. The second kappa shape index (κ2) is 3.14. The first kappa shape index (κ1) is 8.75. The van der Waals surface area contributed by atoms with E-state index in [1.165, 1.54) is 0 Å². The molecule has 0 saturated heterocycles. The van der Waals surface area contributed by atoms with E-state index in [9.17, 15) is 4.39 Å². The van der Waals surface area contributed by atoms with Crippen LogP contribution in [0.1, 0.15) is 18.7 Å². The van der Waals surface area contributed by atoms with E-state index < -0.39 is 6.17 Å². The van der Waals surface area contributed by atoms with Gasteiger partial charge in [0.2, 0.25) is 0 Å². The predicted molar refractivity (Wildman–Crippen MR) is 55.5 cm³/mol. The van der Waals surface area contributed by atoms with Gasteiger partial charge in [-0.25, -0.2) is 4.39 Å². The van der Waals surface area contributed by atoms with Crippen LogP contribution in [0, 0.1) is 0 Å². The highest BCUT2D eigenvalue weighted by molar-refractivity contribution is 9.10. The molecule has 2 aromatic rings. The minimum Gasteiger partial charge on any atom is -0.361 e. The van der Waals surface area contributed by atoms with Gasteiger partial charge in [-0.15, -0.1) is 0 Å². The summed E-state index contributed by atoms with van der Waals surface area (Å²) in [4.78, 5) is 3.04. The van der Waals surface area contributed by atoms with Crippen molar-refractivity contribution in [3.05, 3.63) is 34.4 Å². The number of halogens is 2. The Morgan fingerprint density at radius 1 is 1.46 bits per heavy atom. The van der Waals surface area contributed by atoms with E-state index in [0.29, 0.717) is 0 Å². The van der Waals surface area contributed by atoms with Gasteiger partial charge in [-0.2, -0.15) is 0 Å². The van der Waals surface area contributed by atoms with Crippen molar-refractivity contribution in [2.45, 2.75) is 13.1 Å². The van der Waals surface area contributed by atoms with Gasteiger partial charge in [0.15, 0.2) is 0 Å². The summed E-state index contributed by atoms with van der Waals surface area (Å²) in [7, 11) is 0. The molecule has 13 heavy (non-hydrogen) atoms. The molecule has 0 aliphatic rings. The number of rotatable bonds is 1. The molecule has 0 aliphatic carbocycles. The lowest BCUT2D eigenvalue weighted by Crippen LogP contribution is -1.81. The number of hydrogen-bond donors (Lipinski definition) is 1. The largest absolute Gasteiger partial charge is 0.361 e. The Hall–Kier alpha value is -0.830. The van der Waals surface area contributed by atoms with E-state index in [1.54, 1.807) is 13.1 Å². The Morgan fingerprint density at radius 3 is 2.92 bits per heavy atom. The normalized spacial score (nSPS) is 13.5. The maximum absolute atomic E-state index is 13.1. The molecule has 0 fully saturated rings. The third-order valence-corrected chi connectivity index (χ3v) is 2.60. The Morgan fingerprint density at radius 2 is 2.23 bits per heavy atom. The molecule has 0 aliphatic heterocycles. The minimum absolute atomic E-state index is 0.725. The molecule has 3 heteroatoms. The van der Waals surface area contributed by atoms with Crippen molar-refractivity contribution in [2.75, 3.05) is 0 Å². The van der Waals surface area contributed by atoms with E-state index in [1.807, 2.05) is 18.2 Å². The van der Waals surface area contributed by atoms with Crippen molar-refractivity contribution in [3.63, 3.8) is 0 Å². The molecule has 1 aromatic carbocycles. The number of hydrogen-bond acceptors (Lipinski definition) is 0. The number of aromatic nitrogens is 1. The van der Waals surface area contributed by atoms with Gasteiger partial charge in [-0.1, -0.05) is 22.0 Å². The first-order valence-corrected chi connectivity index (χ1v) is 4.88. The number of aromatic amines is 1. The number of fused-ring (bicyclic) bond motifs is 1. The van der Waals surface area contributed by atoms with Crippen LogP contribution in [0.4, 0.5) is 4.39 Å². The molecule has 0 saturated carbocycles. The molecule has 1 N–H and O–H groups in total. The molecule has 0 amide bonds. The van der Waals surface area contributed by atoms with E-state index in [2.05, 4.69) is 20.9 Å². The molecular formula is C10H9BrFN. The lowest BCUT2D eigenvalue weighted by atomic mass is 10.1. The molecule has 1 nitrogen and oxygen atoms in total. The molecular weight excluding hydrogens is 233 g/mol. The summed E-state index contributed by atoms with van der Waals surface area (Å²) >= 11 is 3.36. The number of H-pyrrole nitrogens is 1. The van der Waals surface area contributed by atoms with Crippen LogP contribution in [-0.2, 0) is 0 Å². The Kier molecular flexibility index (Phi) is 2.12. The quantitative estimate of drug-likeness (QED) is 0.778. The monoisotopic (exact) mass is 241 g/mol. The van der Waals surface area contributed by atoms with Gasteiger partial charge in [-0.05, 0) is 19.1 Å². The average molecular weight is 242 g/mol. The summed E-state index contributed by atoms with van der Waals surface area (Å²) in [5.41, 5.74) is 1.69. The summed E-state index contributed by atoms with van der Waals surface area (Å²) in [5.74, 6) is 0. The second-order valence-electron chi connectivity index (χ2n) is 3.05. The van der Waals surface area contributed by atoms with Gasteiger partial charge >= 0.3 is 0 Å². The van der Waals surface area contributed by atoms with Gasteiger partial charge in [0.25, 0.3) is 0 Å². The summed E-state index contributed by atoms with van der Waals surface area (Å²) in [6, 6.07) is 5.78. The molecule has 0 spiro atoms. The van der Waals surface area contributed by atoms with E-state index >= 15 is 0 Å². The predicted octanol–water partition coefficient (Wildman–Crippen LogP) is 3.96. The minimum atomic E-state index is -0.921. The highest BCUT2D eigenvalue weighted by Crippen LogP contribution is 2.27. The van der Waals surface area contributed by atoms with Gasteiger partial charge in [0, 0.05) is 27.1 Å². The van der Waals surface area contributed by atoms with Gasteiger partial charge < -0.3 is 4.98 Å². The maximum atomic E-state index is 13.1. The Labute approximate surface area is 84.1 Å². The van der Waals surface area contributed by atoms with Crippen molar-refractivity contribution in [1.29, 1.82) is 0 Å². The Bertz CT molecular complexity index is 433.